The van der Waals surface area contributed by atoms with Gasteiger partial charge in [0.1, 0.15) is 0 Å². The van der Waals surface area contributed by atoms with Crippen molar-refractivity contribution in [3.05, 3.63) is 35.2 Å². The molecule has 1 aliphatic rings. The lowest BCUT2D eigenvalue weighted by Crippen LogP contribution is -2.51. The third kappa shape index (κ3) is 4.21. The van der Waals surface area contributed by atoms with E-state index in [1.807, 2.05) is 13.8 Å². The molecule has 8 nitrogen and oxygen atoms in total. The average molecular weight is 370 g/mol. The summed E-state index contributed by atoms with van der Waals surface area (Å²) in [4.78, 5) is 48.0. The Morgan fingerprint density at radius 1 is 0.963 bits per heavy atom. The van der Waals surface area contributed by atoms with Crippen molar-refractivity contribution in [3.8, 4) is 0 Å². The van der Waals surface area contributed by atoms with Crippen molar-refractivity contribution in [2.75, 3.05) is 32.8 Å². The largest absolute Gasteiger partial charge is 0.452 e. The van der Waals surface area contributed by atoms with E-state index in [1.54, 1.807) is 28.0 Å². The third-order valence-corrected chi connectivity index (χ3v) is 4.72. The molecule has 2 heterocycles. The van der Waals surface area contributed by atoms with Gasteiger partial charge in [0.15, 0.2) is 6.61 Å². The Bertz CT molecular complexity index is 904. The number of amides is 2. The zero-order valence-corrected chi connectivity index (χ0v) is 15.7. The summed E-state index contributed by atoms with van der Waals surface area (Å²) in [5.74, 6) is -0.843. The van der Waals surface area contributed by atoms with E-state index in [9.17, 15) is 14.4 Å². The molecule has 0 atom stereocenters. The number of nitrogens with zero attached hydrogens (tertiary/aromatic N) is 4. The second-order valence-corrected chi connectivity index (χ2v) is 6.56. The molecule has 1 saturated heterocycles. The quantitative estimate of drug-likeness (QED) is 0.751. The van der Waals surface area contributed by atoms with Crippen LogP contribution in [0.15, 0.2) is 18.2 Å². The van der Waals surface area contributed by atoms with Crippen LogP contribution in [0.4, 0.5) is 0 Å². The van der Waals surface area contributed by atoms with E-state index in [0.717, 1.165) is 11.4 Å². The van der Waals surface area contributed by atoms with Crippen molar-refractivity contribution in [2.45, 2.75) is 20.8 Å². The van der Waals surface area contributed by atoms with Gasteiger partial charge >= 0.3 is 5.97 Å². The van der Waals surface area contributed by atoms with E-state index in [2.05, 4.69) is 9.97 Å². The van der Waals surface area contributed by atoms with Crippen LogP contribution in [0.25, 0.3) is 11.0 Å². The van der Waals surface area contributed by atoms with Gasteiger partial charge in [-0.2, -0.15) is 0 Å². The lowest BCUT2D eigenvalue weighted by molar-refractivity contribution is -0.140. The Morgan fingerprint density at radius 2 is 1.56 bits per heavy atom. The van der Waals surface area contributed by atoms with Gasteiger partial charge in [0, 0.05) is 33.1 Å². The number of rotatable bonds is 3. The maximum atomic E-state index is 12.3. The molecule has 0 saturated carbocycles. The minimum atomic E-state index is -0.576. The van der Waals surface area contributed by atoms with Gasteiger partial charge in [-0.25, -0.2) is 14.8 Å². The fourth-order valence-corrected chi connectivity index (χ4v) is 2.93. The van der Waals surface area contributed by atoms with Gasteiger partial charge in [-0.15, -0.1) is 0 Å². The van der Waals surface area contributed by atoms with Gasteiger partial charge in [0.05, 0.1) is 28.0 Å². The molecular weight excluding hydrogens is 348 g/mol. The Labute approximate surface area is 157 Å². The number of hydrogen-bond donors (Lipinski definition) is 0. The van der Waals surface area contributed by atoms with E-state index in [1.165, 1.54) is 6.92 Å². The maximum absolute atomic E-state index is 12.3. The molecular formula is C19H22N4O4. The minimum absolute atomic E-state index is 0.00152. The lowest BCUT2D eigenvalue weighted by Gasteiger charge is -2.34. The number of aryl methyl sites for hydroxylation is 2. The highest BCUT2D eigenvalue weighted by atomic mass is 16.5. The minimum Gasteiger partial charge on any atom is -0.452 e. The van der Waals surface area contributed by atoms with Gasteiger partial charge in [-0.05, 0) is 32.0 Å². The third-order valence-electron chi connectivity index (χ3n) is 4.72. The molecule has 3 rings (SSSR count). The number of carbonyl (C=O) groups excluding carboxylic acids is 3. The van der Waals surface area contributed by atoms with E-state index >= 15 is 0 Å². The van der Waals surface area contributed by atoms with Crippen LogP contribution in [0.5, 0.6) is 0 Å². The SMILES string of the molecule is CC(=O)N1CCN(C(=O)COC(=O)c2ccc3nc(C)c(C)nc3c2)CC1. The average Bonchev–Trinajstić information content (AvgIpc) is 2.66. The highest BCUT2D eigenvalue weighted by molar-refractivity contribution is 5.94. The molecule has 2 amide bonds. The number of piperazine rings is 1. The van der Waals surface area contributed by atoms with Crippen LogP contribution < -0.4 is 0 Å². The van der Waals surface area contributed by atoms with E-state index in [-0.39, 0.29) is 18.4 Å². The van der Waals surface area contributed by atoms with Gasteiger partial charge in [-0.3, -0.25) is 9.59 Å². The fourth-order valence-electron chi connectivity index (χ4n) is 2.93. The number of hydrogen-bond acceptors (Lipinski definition) is 6. The molecule has 1 fully saturated rings. The monoisotopic (exact) mass is 370 g/mol. The van der Waals surface area contributed by atoms with Crippen LogP contribution in [0.2, 0.25) is 0 Å². The van der Waals surface area contributed by atoms with E-state index < -0.39 is 5.97 Å². The van der Waals surface area contributed by atoms with Crippen LogP contribution in [-0.2, 0) is 14.3 Å². The number of benzene rings is 1. The summed E-state index contributed by atoms with van der Waals surface area (Å²) < 4.78 is 5.16. The standard InChI is InChI=1S/C19H22N4O4/c1-12-13(2)21-17-10-15(4-5-16(17)20-12)19(26)27-11-18(25)23-8-6-22(7-9-23)14(3)24/h4-5,10H,6-9,11H2,1-3H3. The molecule has 27 heavy (non-hydrogen) atoms. The number of aromatic nitrogens is 2. The van der Waals surface area contributed by atoms with Gasteiger partial charge in [0.2, 0.25) is 5.91 Å². The van der Waals surface area contributed by atoms with Crippen molar-refractivity contribution in [1.29, 1.82) is 0 Å². The number of fused-ring (bicyclic) bond motifs is 1. The predicted molar refractivity (Wildman–Crippen MR) is 98.1 cm³/mol. The molecule has 0 radical (unpaired) electrons. The van der Waals surface area contributed by atoms with Crippen LogP contribution in [0.3, 0.4) is 0 Å². The molecule has 8 heteroatoms. The molecule has 0 aliphatic carbocycles. The first kappa shape index (κ1) is 18.8. The summed E-state index contributed by atoms with van der Waals surface area (Å²) in [6.07, 6.45) is 0. The van der Waals surface area contributed by atoms with Crippen molar-refractivity contribution in [1.82, 2.24) is 19.8 Å². The maximum Gasteiger partial charge on any atom is 0.338 e. The Hall–Kier alpha value is -3.03. The Morgan fingerprint density at radius 3 is 2.19 bits per heavy atom. The lowest BCUT2D eigenvalue weighted by atomic mass is 10.2. The smallest absolute Gasteiger partial charge is 0.338 e. The molecule has 0 unspecified atom stereocenters. The van der Waals surface area contributed by atoms with E-state index in [4.69, 9.17) is 4.74 Å². The zero-order valence-electron chi connectivity index (χ0n) is 15.7. The number of carbonyl (C=O) groups is 3. The highest BCUT2D eigenvalue weighted by Crippen LogP contribution is 2.15. The Kier molecular flexibility index (Phi) is 5.34. The summed E-state index contributed by atoms with van der Waals surface area (Å²) in [6, 6.07) is 4.95. The molecule has 142 valence electrons. The summed E-state index contributed by atoms with van der Waals surface area (Å²) in [7, 11) is 0. The van der Waals surface area contributed by atoms with Crippen LogP contribution in [-0.4, -0.2) is 70.3 Å². The number of ether oxygens (including phenoxy) is 1. The molecule has 2 aromatic rings. The highest BCUT2D eigenvalue weighted by Gasteiger charge is 2.23. The molecule has 0 N–H and O–H groups in total. The van der Waals surface area contributed by atoms with Crippen LogP contribution in [0.1, 0.15) is 28.7 Å². The molecule has 0 bridgehead atoms. The second-order valence-electron chi connectivity index (χ2n) is 6.56. The summed E-state index contributed by atoms with van der Waals surface area (Å²) in [6.45, 7) is 6.81. The normalized spacial score (nSPS) is 14.3. The van der Waals surface area contributed by atoms with Crippen LogP contribution in [0, 0.1) is 13.8 Å². The second kappa shape index (κ2) is 7.69. The van der Waals surface area contributed by atoms with E-state index in [0.29, 0.717) is 42.8 Å². The summed E-state index contributed by atoms with van der Waals surface area (Å²) in [5, 5.41) is 0. The molecule has 1 aromatic carbocycles. The molecule has 0 spiro atoms. The van der Waals surface area contributed by atoms with Gasteiger partial charge in [-0.1, -0.05) is 0 Å². The first-order valence-corrected chi connectivity index (χ1v) is 8.80. The zero-order chi connectivity index (χ0) is 19.6. The number of esters is 1. The fraction of sp³-hybridized carbons (Fsp3) is 0.421. The van der Waals surface area contributed by atoms with Crippen molar-refractivity contribution >= 4 is 28.8 Å². The van der Waals surface area contributed by atoms with Crippen LogP contribution >= 0.6 is 0 Å². The molecule has 1 aliphatic heterocycles. The predicted octanol–water partition coefficient (Wildman–Crippen LogP) is 1.09. The summed E-state index contributed by atoms with van der Waals surface area (Å²) >= 11 is 0. The molecule has 1 aromatic heterocycles. The first-order chi connectivity index (χ1) is 12.8. The van der Waals surface area contributed by atoms with Crippen molar-refractivity contribution < 1.29 is 19.1 Å². The van der Waals surface area contributed by atoms with Gasteiger partial charge < -0.3 is 14.5 Å². The first-order valence-electron chi connectivity index (χ1n) is 8.80. The van der Waals surface area contributed by atoms with Gasteiger partial charge in [0.25, 0.3) is 5.91 Å². The van der Waals surface area contributed by atoms with Crippen molar-refractivity contribution in [2.24, 2.45) is 0 Å². The van der Waals surface area contributed by atoms with Crippen molar-refractivity contribution in [3.63, 3.8) is 0 Å². The summed E-state index contributed by atoms with van der Waals surface area (Å²) in [5.41, 5.74) is 3.28. The topological polar surface area (TPSA) is 92.7 Å². The Balaban J connectivity index is 1.59.